The summed E-state index contributed by atoms with van der Waals surface area (Å²) in [5.74, 6) is -0.834. The largest absolute Gasteiger partial charge is 0.452 e. The average Bonchev–Trinajstić information content (AvgIpc) is 2.81. The van der Waals surface area contributed by atoms with Gasteiger partial charge in [0.15, 0.2) is 6.61 Å². The number of ether oxygens (including phenoxy) is 1. The molecular formula is C21H28N2O4. The summed E-state index contributed by atoms with van der Waals surface area (Å²) in [6.45, 7) is 8.69. The Morgan fingerprint density at radius 1 is 1.15 bits per heavy atom. The Bertz CT molecular complexity index is 756. The summed E-state index contributed by atoms with van der Waals surface area (Å²) in [6, 6.07) is 6.65. The van der Waals surface area contributed by atoms with Gasteiger partial charge in [-0.05, 0) is 54.4 Å². The van der Waals surface area contributed by atoms with Crippen LogP contribution in [0.1, 0.15) is 57.3 Å². The molecule has 1 aliphatic heterocycles. The van der Waals surface area contributed by atoms with Crippen molar-refractivity contribution in [3.8, 4) is 0 Å². The number of fused-ring (bicyclic) bond motifs is 2. The van der Waals surface area contributed by atoms with Gasteiger partial charge in [-0.25, -0.2) is 4.79 Å². The molecule has 6 nitrogen and oxygen atoms in total. The first-order valence-corrected chi connectivity index (χ1v) is 9.41. The Hall–Kier alpha value is -2.37. The van der Waals surface area contributed by atoms with E-state index in [-0.39, 0.29) is 35.3 Å². The first-order valence-electron chi connectivity index (χ1n) is 9.41. The molecule has 1 saturated heterocycles. The maximum atomic E-state index is 12.7. The maximum Gasteiger partial charge on any atom is 0.338 e. The van der Waals surface area contributed by atoms with Crippen molar-refractivity contribution in [2.75, 3.05) is 18.5 Å². The van der Waals surface area contributed by atoms with E-state index in [1.165, 1.54) is 6.92 Å². The Kier molecular flexibility index (Phi) is 5.02. The molecule has 2 fully saturated rings. The van der Waals surface area contributed by atoms with Gasteiger partial charge in [0, 0.05) is 25.2 Å². The lowest BCUT2D eigenvalue weighted by Crippen LogP contribution is -2.39. The van der Waals surface area contributed by atoms with Crippen molar-refractivity contribution in [2.45, 2.75) is 53.0 Å². The molecule has 2 bridgehead atoms. The summed E-state index contributed by atoms with van der Waals surface area (Å²) in [6.07, 6.45) is 3.13. The molecule has 1 aromatic rings. The van der Waals surface area contributed by atoms with Crippen LogP contribution < -0.4 is 5.32 Å². The Balaban J connectivity index is 1.56. The molecule has 0 unspecified atom stereocenters. The molecule has 2 amide bonds. The summed E-state index contributed by atoms with van der Waals surface area (Å²) in [7, 11) is 0. The van der Waals surface area contributed by atoms with E-state index in [2.05, 4.69) is 26.1 Å². The fraction of sp³-hybridized carbons (Fsp3) is 0.571. The lowest BCUT2D eigenvalue weighted by molar-refractivity contribution is -0.135. The Labute approximate surface area is 160 Å². The van der Waals surface area contributed by atoms with Gasteiger partial charge in [-0.1, -0.05) is 20.8 Å². The molecule has 1 aliphatic carbocycles. The fourth-order valence-electron chi connectivity index (χ4n) is 4.94. The van der Waals surface area contributed by atoms with Crippen LogP contribution in [-0.4, -0.2) is 41.9 Å². The van der Waals surface area contributed by atoms with Crippen LogP contribution in [0.25, 0.3) is 0 Å². The van der Waals surface area contributed by atoms with Crippen LogP contribution in [0.3, 0.4) is 0 Å². The first kappa shape index (κ1) is 19.4. The number of nitrogens with zero attached hydrogens (tertiary/aromatic N) is 1. The molecule has 1 heterocycles. The lowest BCUT2D eigenvalue weighted by atomic mass is 9.65. The molecule has 1 saturated carbocycles. The van der Waals surface area contributed by atoms with E-state index in [1.807, 2.05) is 4.90 Å². The van der Waals surface area contributed by atoms with Gasteiger partial charge < -0.3 is 15.0 Å². The number of carbonyl (C=O) groups is 3. The second-order valence-electron chi connectivity index (χ2n) is 9.07. The van der Waals surface area contributed by atoms with Gasteiger partial charge in [-0.3, -0.25) is 9.59 Å². The number of hydrogen-bond donors (Lipinski definition) is 1. The van der Waals surface area contributed by atoms with Gasteiger partial charge in [0.1, 0.15) is 0 Å². The van der Waals surface area contributed by atoms with Crippen molar-refractivity contribution in [2.24, 2.45) is 10.8 Å². The van der Waals surface area contributed by atoms with E-state index in [4.69, 9.17) is 4.74 Å². The number of amides is 2. The van der Waals surface area contributed by atoms with Gasteiger partial charge in [-0.2, -0.15) is 0 Å². The minimum Gasteiger partial charge on any atom is -0.452 e. The summed E-state index contributed by atoms with van der Waals surface area (Å²) in [5, 5.41) is 2.64. The highest BCUT2D eigenvalue weighted by molar-refractivity contribution is 5.93. The zero-order valence-electron chi connectivity index (χ0n) is 16.5. The monoisotopic (exact) mass is 372 g/mol. The van der Waals surface area contributed by atoms with Crippen LogP contribution in [0, 0.1) is 10.8 Å². The Morgan fingerprint density at radius 2 is 1.81 bits per heavy atom. The second kappa shape index (κ2) is 6.98. The Morgan fingerprint density at radius 3 is 2.44 bits per heavy atom. The maximum absolute atomic E-state index is 12.7. The zero-order valence-corrected chi connectivity index (χ0v) is 16.5. The number of hydrogen-bond acceptors (Lipinski definition) is 4. The number of anilines is 1. The second-order valence-corrected chi connectivity index (χ2v) is 9.07. The minimum atomic E-state index is -0.536. The van der Waals surface area contributed by atoms with Crippen molar-refractivity contribution in [3.05, 3.63) is 29.8 Å². The summed E-state index contributed by atoms with van der Waals surface area (Å²) >= 11 is 0. The molecule has 0 spiro atoms. The molecule has 27 heavy (non-hydrogen) atoms. The number of rotatable bonds is 4. The molecule has 146 valence electrons. The van der Waals surface area contributed by atoms with E-state index < -0.39 is 5.97 Å². The van der Waals surface area contributed by atoms with Gasteiger partial charge in [0.2, 0.25) is 5.91 Å². The standard InChI is InChI=1S/C21H28N2O4/c1-14(24)22-16-7-5-15(6-8-16)19(26)27-11-18(25)23-13-21(4)10-17(23)9-20(2,3)12-21/h5-8,17H,9-13H2,1-4H3,(H,22,24)/t17-,21-/m0/s1. The van der Waals surface area contributed by atoms with Crippen LogP contribution in [-0.2, 0) is 14.3 Å². The third-order valence-corrected chi connectivity index (χ3v) is 5.50. The highest BCUT2D eigenvalue weighted by Crippen LogP contribution is 2.52. The normalized spacial score (nSPS) is 25.8. The van der Waals surface area contributed by atoms with Crippen LogP contribution >= 0.6 is 0 Å². The minimum absolute atomic E-state index is 0.121. The SMILES string of the molecule is CC(=O)Nc1ccc(C(=O)OCC(=O)N2C[C@@]3(C)C[C@@H]2CC(C)(C)C3)cc1. The van der Waals surface area contributed by atoms with Crippen LogP contribution in [0.2, 0.25) is 0 Å². The summed E-state index contributed by atoms with van der Waals surface area (Å²) in [4.78, 5) is 37.8. The number of likely N-dealkylation sites (tertiary alicyclic amines) is 1. The molecule has 1 aromatic carbocycles. The highest BCUT2D eigenvalue weighted by atomic mass is 16.5. The van der Waals surface area contributed by atoms with E-state index >= 15 is 0 Å². The summed E-state index contributed by atoms with van der Waals surface area (Å²) < 4.78 is 5.24. The predicted octanol–water partition coefficient (Wildman–Crippen LogP) is 3.23. The molecule has 0 aromatic heterocycles. The topological polar surface area (TPSA) is 75.7 Å². The number of benzene rings is 1. The van der Waals surface area contributed by atoms with Crippen molar-refractivity contribution in [3.63, 3.8) is 0 Å². The van der Waals surface area contributed by atoms with Crippen molar-refractivity contribution in [1.29, 1.82) is 0 Å². The van der Waals surface area contributed by atoms with Gasteiger partial charge in [0.05, 0.1) is 5.56 Å². The molecular weight excluding hydrogens is 344 g/mol. The number of nitrogens with one attached hydrogen (secondary N) is 1. The molecule has 2 atom stereocenters. The predicted molar refractivity (Wildman–Crippen MR) is 102 cm³/mol. The van der Waals surface area contributed by atoms with Crippen molar-refractivity contribution in [1.82, 2.24) is 4.90 Å². The lowest BCUT2D eigenvalue weighted by Gasteiger charge is -2.39. The molecule has 6 heteroatoms. The van der Waals surface area contributed by atoms with E-state index in [1.54, 1.807) is 24.3 Å². The first-order chi connectivity index (χ1) is 12.6. The third kappa shape index (κ3) is 4.49. The third-order valence-electron chi connectivity index (χ3n) is 5.50. The highest BCUT2D eigenvalue weighted by Gasteiger charge is 2.50. The zero-order chi connectivity index (χ0) is 19.8. The quantitative estimate of drug-likeness (QED) is 0.824. The molecule has 2 aliphatic rings. The molecule has 1 N–H and O–H groups in total. The summed E-state index contributed by atoms with van der Waals surface area (Å²) in [5.41, 5.74) is 1.35. The van der Waals surface area contributed by atoms with E-state index in [0.717, 1.165) is 25.8 Å². The number of esters is 1. The smallest absolute Gasteiger partial charge is 0.338 e. The van der Waals surface area contributed by atoms with Gasteiger partial charge >= 0.3 is 5.97 Å². The molecule has 0 radical (unpaired) electrons. The fourth-order valence-corrected chi connectivity index (χ4v) is 4.94. The van der Waals surface area contributed by atoms with Crippen LogP contribution in [0.15, 0.2) is 24.3 Å². The van der Waals surface area contributed by atoms with Gasteiger partial charge in [-0.15, -0.1) is 0 Å². The number of carbonyl (C=O) groups excluding carboxylic acids is 3. The van der Waals surface area contributed by atoms with Crippen LogP contribution in [0.4, 0.5) is 5.69 Å². The van der Waals surface area contributed by atoms with Crippen molar-refractivity contribution >= 4 is 23.5 Å². The van der Waals surface area contributed by atoms with E-state index in [9.17, 15) is 14.4 Å². The molecule has 3 rings (SSSR count). The van der Waals surface area contributed by atoms with Crippen molar-refractivity contribution < 1.29 is 19.1 Å². The van der Waals surface area contributed by atoms with E-state index in [0.29, 0.717) is 11.3 Å². The van der Waals surface area contributed by atoms with Crippen LogP contribution in [0.5, 0.6) is 0 Å². The van der Waals surface area contributed by atoms with Gasteiger partial charge in [0.25, 0.3) is 5.91 Å². The average molecular weight is 372 g/mol.